The van der Waals surface area contributed by atoms with Crippen LogP contribution in [-0.2, 0) is 3.84 Å². The van der Waals surface area contributed by atoms with E-state index in [1.54, 1.807) is 0 Å². The predicted octanol–water partition coefficient (Wildman–Crippen LogP) is -4.46. The summed E-state index contributed by atoms with van der Waals surface area (Å²) in [5, 5.41) is 0. The molecular weight excluding hydrogens is 133 g/mol. The van der Waals surface area contributed by atoms with Gasteiger partial charge in [0.1, 0.15) is 0 Å². The SMILES string of the molecule is ClOCl.[H-].[H-].[Na+].[Na+]. The predicted molar refractivity (Wildman–Crippen MR) is 15.0 cm³/mol. The van der Waals surface area contributed by atoms with Crippen LogP contribution >= 0.6 is 23.7 Å². The first-order valence-corrected chi connectivity index (χ1v) is 0.926. The van der Waals surface area contributed by atoms with E-state index in [1.807, 2.05) is 0 Å². The fourth-order valence-electron chi connectivity index (χ4n) is 0. The van der Waals surface area contributed by atoms with Crippen LogP contribution in [0.25, 0.3) is 0 Å². The van der Waals surface area contributed by atoms with Crippen molar-refractivity contribution in [2.75, 3.05) is 0 Å². The molecule has 0 bridgehead atoms. The summed E-state index contributed by atoms with van der Waals surface area (Å²) in [6.07, 6.45) is 0. The fourth-order valence-corrected chi connectivity index (χ4v) is 0. The summed E-state index contributed by atoms with van der Waals surface area (Å²) in [7, 11) is 0. The second-order valence-electron chi connectivity index (χ2n) is 0.0583. The van der Waals surface area contributed by atoms with Crippen molar-refractivity contribution in [1.82, 2.24) is 0 Å². The second-order valence-corrected chi connectivity index (χ2v) is 0.525. The van der Waals surface area contributed by atoms with Crippen molar-refractivity contribution >= 4 is 23.7 Å². The molecule has 0 N–H and O–H groups in total. The van der Waals surface area contributed by atoms with Crippen LogP contribution in [0.1, 0.15) is 2.85 Å². The van der Waals surface area contributed by atoms with Gasteiger partial charge in [0.25, 0.3) is 0 Å². The third kappa shape index (κ3) is 20.9. The van der Waals surface area contributed by atoms with Crippen LogP contribution in [0.2, 0.25) is 0 Å². The minimum absolute atomic E-state index is 0. The third-order valence-corrected chi connectivity index (χ3v) is 0. The summed E-state index contributed by atoms with van der Waals surface area (Å²) >= 11 is 8.53. The van der Waals surface area contributed by atoms with Crippen molar-refractivity contribution in [2.45, 2.75) is 0 Å². The van der Waals surface area contributed by atoms with E-state index in [4.69, 9.17) is 0 Å². The van der Waals surface area contributed by atoms with Gasteiger partial charge in [-0.25, -0.2) is 0 Å². The number of hydrogen-bond acceptors (Lipinski definition) is 1. The molecule has 5 heteroatoms. The van der Waals surface area contributed by atoms with E-state index in [0.717, 1.165) is 0 Å². The summed E-state index contributed by atoms with van der Waals surface area (Å²) in [4.78, 5) is 0. The molecule has 0 aromatic rings. The molecule has 0 aromatic heterocycles. The van der Waals surface area contributed by atoms with Gasteiger partial charge in [-0.05, 0) is 0 Å². The summed E-state index contributed by atoms with van der Waals surface area (Å²) in [5.41, 5.74) is 0. The van der Waals surface area contributed by atoms with Crippen molar-refractivity contribution in [3.8, 4) is 0 Å². The van der Waals surface area contributed by atoms with Crippen LogP contribution in [0.5, 0.6) is 0 Å². The van der Waals surface area contributed by atoms with Crippen LogP contribution in [0.4, 0.5) is 0 Å². The first kappa shape index (κ1) is 15.6. The normalized spacial score (nSPS) is 3.60. The maximum Gasteiger partial charge on any atom is 1.00 e. The Bertz CT molecular complexity index is 13.7. The monoisotopic (exact) mass is 134 g/mol. The van der Waals surface area contributed by atoms with E-state index >= 15 is 0 Å². The third-order valence-electron chi connectivity index (χ3n) is 0. The molecular formula is H2Cl2Na2O. The molecule has 0 aliphatic heterocycles. The number of halogens is 2. The smallest absolute Gasteiger partial charge is 1.00 e. The Hall–Kier alpha value is 2.54. The summed E-state index contributed by atoms with van der Waals surface area (Å²) in [5.74, 6) is 0. The minimum Gasteiger partial charge on any atom is -1.00 e. The van der Waals surface area contributed by atoms with Gasteiger partial charge in [-0.15, -0.1) is 0 Å². The van der Waals surface area contributed by atoms with E-state index in [9.17, 15) is 0 Å². The topological polar surface area (TPSA) is 9.23 Å². The Kier molecular flexibility index (Phi) is 50.1. The van der Waals surface area contributed by atoms with E-state index in [1.165, 1.54) is 0 Å². The average molecular weight is 135 g/mol. The molecule has 0 heterocycles. The Morgan fingerprint density at radius 2 is 1.20 bits per heavy atom. The van der Waals surface area contributed by atoms with Gasteiger partial charge in [0, 0.05) is 0 Å². The Labute approximate surface area is 88.2 Å². The molecule has 0 saturated heterocycles. The molecule has 0 rings (SSSR count). The van der Waals surface area contributed by atoms with Crippen molar-refractivity contribution < 1.29 is 65.8 Å². The zero-order chi connectivity index (χ0) is 2.71. The molecule has 24 valence electrons. The van der Waals surface area contributed by atoms with Crippen LogP contribution in [-0.4, -0.2) is 0 Å². The van der Waals surface area contributed by atoms with Gasteiger partial charge in [0.15, 0.2) is 0 Å². The largest absolute Gasteiger partial charge is 1.00 e. The molecule has 0 atom stereocenters. The molecule has 0 radical (unpaired) electrons. The van der Waals surface area contributed by atoms with Crippen molar-refractivity contribution in [2.24, 2.45) is 0 Å². The van der Waals surface area contributed by atoms with E-state index in [-0.39, 0.29) is 62.0 Å². The average Bonchev–Trinajstić information content (AvgIpc) is 0.918. The van der Waals surface area contributed by atoms with Crippen molar-refractivity contribution in [1.29, 1.82) is 0 Å². The molecule has 0 aliphatic carbocycles. The molecule has 0 unspecified atom stereocenters. The van der Waals surface area contributed by atoms with E-state index in [2.05, 4.69) is 27.6 Å². The second kappa shape index (κ2) is 16.0. The van der Waals surface area contributed by atoms with Crippen molar-refractivity contribution in [3.63, 3.8) is 0 Å². The zero-order valence-corrected chi connectivity index (χ0v) is 8.68. The van der Waals surface area contributed by atoms with Gasteiger partial charge in [0.2, 0.25) is 0 Å². The maximum atomic E-state index is 4.26. The molecule has 0 aromatic carbocycles. The maximum absolute atomic E-state index is 4.26. The molecule has 0 fully saturated rings. The van der Waals surface area contributed by atoms with Crippen LogP contribution < -0.4 is 59.1 Å². The molecule has 0 amide bonds. The van der Waals surface area contributed by atoms with Gasteiger partial charge < -0.3 is 2.85 Å². The summed E-state index contributed by atoms with van der Waals surface area (Å²) in [6, 6.07) is 0. The Balaban J connectivity index is -0.00000000333. The van der Waals surface area contributed by atoms with E-state index < -0.39 is 0 Å². The van der Waals surface area contributed by atoms with Crippen LogP contribution in [0.15, 0.2) is 0 Å². The van der Waals surface area contributed by atoms with Gasteiger partial charge in [0.05, 0.1) is 23.7 Å². The van der Waals surface area contributed by atoms with E-state index in [0.29, 0.717) is 0 Å². The fraction of sp³-hybridized carbons (Fsp3) is 0. The standard InChI is InChI=1S/Cl2O.2Na.2H/c1-3-2;;;;/q;2*+1;2*-1. The summed E-state index contributed by atoms with van der Waals surface area (Å²) < 4.78 is 3.19. The zero-order valence-electron chi connectivity index (χ0n) is 5.16. The molecule has 5 heavy (non-hydrogen) atoms. The molecule has 0 spiro atoms. The molecule has 1 nitrogen and oxygen atoms in total. The summed E-state index contributed by atoms with van der Waals surface area (Å²) in [6.45, 7) is 0. The Morgan fingerprint density at radius 1 is 1.20 bits per heavy atom. The molecule has 0 saturated carbocycles. The van der Waals surface area contributed by atoms with Crippen LogP contribution in [0, 0.1) is 0 Å². The first-order chi connectivity index (χ1) is 1.41. The van der Waals surface area contributed by atoms with Gasteiger partial charge in [-0.1, -0.05) is 0 Å². The van der Waals surface area contributed by atoms with Gasteiger partial charge in [-0.3, -0.25) is 0 Å². The van der Waals surface area contributed by atoms with Crippen molar-refractivity contribution in [3.05, 3.63) is 0 Å². The number of hydrogen-bond donors (Lipinski definition) is 0. The minimum atomic E-state index is 0. The van der Waals surface area contributed by atoms with Gasteiger partial charge >= 0.3 is 59.1 Å². The van der Waals surface area contributed by atoms with Gasteiger partial charge in [-0.2, -0.15) is 3.84 Å². The molecule has 0 aliphatic rings. The number of rotatable bonds is 0. The quantitative estimate of drug-likeness (QED) is 0.304. The first-order valence-electron chi connectivity index (χ1n) is 0.309. The Morgan fingerprint density at radius 3 is 1.20 bits per heavy atom. The van der Waals surface area contributed by atoms with Crippen LogP contribution in [0.3, 0.4) is 0 Å².